The number of carbonyl (C=O) groups is 1. The van der Waals surface area contributed by atoms with Gasteiger partial charge in [0.2, 0.25) is 0 Å². The zero-order chi connectivity index (χ0) is 15.4. The first kappa shape index (κ1) is 15.2. The SMILES string of the molecule is COc1ccc(C(=O)N2CCCCC2CN)cc1[N+](=O)[O-]. The molecule has 7 nitrogen and oxygen atoms in total. The van der Waals surface area contributed by atoms with Crippen LogP contribution in [0.1, 0.15) is 29.6 Å². The Morgan fingerprint density at radius 2 is 2.29 bits per heavy atom. The summed E-state index contributed by atoms with van der Waals surface area (Å²) in [6.45, 7) is 1.05. The van der Waals surface area contributed by atoms with Crippen molar-refractivity contribution in [3.8, 4) is 5.75 Å². The van der Waals surface area contributed by atoms with Crippen LogP contribution in [-0.2, 0) is 0 Å². The third-order valence-corrected chi connectivity index (χ3v) is 3.78. The second-order valence-electron chi connectivity index (χ2n) is 5.03. The Balaban J connectivity index is 2.30. The lowest BCUT2D eigenvalue weighted by Crippen LogP contribution is -2.47. The van der Waals surface area contributed by atoms with Crippen LogP contribution in [0.2, 0.25) is 0 Å². The highest BCUT2D eigenvalue weighted by atomic mass is 16.6. The number of nitro benzene ring substituents is 1. The van der Waals surface area contributed by atoms with Crippen molar-refractivity contribution in [3.63, 3.8) is 0 Å². The number of amides is 1. The minimum Gasteiger partial charge on any atom is -0.490 e. The highest BCUT2D eigenvalue weighted by Gasteiger charge is 2.28. The average Bonchev–Trinajstić information content (AvgIpc) is 2.53. The molecule has 2 N–H and O–H groups in total. The standard InChI is InChI=1S/C14H19N3O4/c1-21-13-6-5-10(8-12(13)17(19)20)14(18)16-7-3-2-4-11(16)9-15/h5-6,8,11H,2-4,7,9,15H2,1H3. The molecule has 0 spiro atoms. The van der Waals surface area contributed by atoms with Crippen LogP contribution in [0.5, 0.6) is 5.75 Å². The fourth-order valence-electron chi connectivity index (χ4n) is 2.64. The van der Waals surface area contributed by atoms with Gasteiger partial charge in [-0.25, -0.2) is 0 Å². The van der Waals surface area contributed by atoms with E-state index >= 15 is 0 Å². The van der Waals surface area contributed by atoms with Gasteiger partial charge in [0.1, 0.15) is 0 Å². The number of rotatable bonds is 4. The van der Waals surface area contributed by atoms with E-state index in [0.717, 1.165) is 19.3 Å². The first-order chi connectivity index (χ1) is 10.1. The fourth-order valence-corrected chi connectivity index (χ4v) is 2.64. The van der Waals surface area contributed by atoms with E-state index in [1.54, 1.807) is 11.0 Å². The molecule has 1 aliphatic rings. The van der Waals surface area contributed by atoms with Crippen LogP contribution in [-0.4, -0.2) is 42.0 Å². The summed E-state index contributed by atoms with van der Waals surface area (Å²) in [6.07, 6.45) is 2.86. The molecule has 7 heteroatoms. The summed E-state index contributed by atoms with van der Waals surface area (Å²) in [7, 11) is 1.36. The number of hydrogen-bond acceptors (Lipinski definition) is 5. The van der Waals surface area contributed by atoms with Crippen LogP contribution in [0.15, 0.2) is 18.2 Å². The Kier molecular flexibility index (Phi) is 4.74. The number of likely N-dealkylation sites (tertiary alicyclic amines) is 1. The molecule has 1 saturated heterocycles. The summed E-state index contributed by atoms with van der Waals surface area (Å²) >= 11 is 0. The molecule has 0 bridgehead atoms. The third kappa shape index (κ3) is 3.13. The van der Waals surface area contributed by atoms with Gasteiger partial charge in [-0.2, -0.15) is 0 Å². The number of nitro groups is 1. The van der Waals surface area contributed by atoms with Gasteiger partial charge in [0.25, 0.3) is 5.91 Å². The van der Waals surface area contributed by atoms with Gasteiger partial charge in [-0.15, -0.1) is 0 Å². The van der Waals surface area contributed by atoms with Crippen molar-refractivity contribution in [2.75, 3.05) is 20.2 Å². The van der Waals surface area contributed by atoms with Gasteiger partial charge in [0, 0.05) is 30.8 Å². The van der Waals surface area contributed by atoms with Crippen molar-refractivity contribution in [2.24, 2.45) is 5.73 Å². The quantitative estimate of drug-likeness (QED) is 0.671. The Morgan fingerprint density at radius 1 is 1.52 bits per heavy atom. The number of hydrogen-bond donors (Lipinski definition) is 1. The van der Waals surface area contributed by atoms with E-state index in [1.807, 2.05) is 0 Å². The zero-order valence-corrected chi connectivity index (χ0v) is 11.9. The lowest BCUT2D eigenvalue weighted by atomic mass is 10.0. The molecule has 0 radical (unpaired) electrons. The number of nitrogens with two attached hydrogens (primary N) is 1. The molecule has 0 aliphatic carbocycles. The third-order valence-electron chi connectivity index (χ3n) is 3.78. The number of methoxy groups -OCH3 is 1. The molecular formula is C14H19N3O4. The van der Waals surface area contributed by atoms with Crippen LogP contribution >= 0.6 is 0 Å². The minimum absolute atomic E-state index is 0.00686. The predicted octanol–water partition coefficient (Wildman–Crippen LogP) is 1.56. The molecule has 1 fully saturated rings. The van der Waals surface area contributed by atoms with E-state index in [9.17, 15) is 14.9 Å². The first-order valence-corrected chi connectivity index (χ1v) is 6.92. The fraction of sp³-hybridized carbons (Fsp3) is 0.500. The summed E-state index contributed by atoms with van der Waals surface area (Å²) in [6, 6.07) is 4.28. The maximum absolute atomic E-state index is 12.6. The van der Waals surface area contributed by atoms with Gasteiger partial charge in [-0.1, -0.05) is 0 Å². The zero-order valence-electron chi connectivity index (χ0n) is 11.9. The van der Waals surface area contributed by atoms with E-state index in [0.29, 0.717) is 18.7 Å². The smallest absolute Gasteiger partial charge is 0.311 e. The first-order valence-electron chi connectivity index (χ1n) is 6.92. The Hall–Kier alpha value is -2.15. The van der Waals surface area contributed by atoms with Gasteiger partial charge in [-0.3, -0.25) is 14.9 Å². The molecule has 2 rings (SSSR count). The lowest BCUT2D eigenvalue weighted by Gasteiger charge is -2.35. The molecule has 1 aromatic rings. The van der Waals surface area contributed by atoms with Crippen molar-refractivity contribution in [2.45, 2.75) is 25.3 Å². The lowest BCUT2D eigenvalue weighted by molar-refractivity contribution is -0.385. The van der Waals surface area contributed by atoms with Crippen molar-refractivity contribution < 1.29 is 14.5 Å². The molecule has 114 valence electrons. The molecule has 1 aromatic carbocycles. The topological polar surface area (TPSA) is 98.7 Å². The largest absolute Gasteiger partial charge is 0.490 e. The van der Waals surface area contributed by atoms with E-state index in [4.69, 9.17) is 10.5 Å². The number of nitrogens with zero attached hydrogens (tertiary/aromatic N) is 2. The van der Waals surface area contributed by atoms with Crippen LogP contribution < -0.4 is 10.5 Å². The maximum Gasteiger partial charge on any atom is 0.311 e. The summed E-state index contributed by atoms with van der Waals surface area (Å²) in [4.78, 5) is 24.8. The van der Waals surface area contributed by atoms with Gasteiger partial charge in [0.15, 0.2) is 5.75 Å². The van der Waals surface area contributed by atoms with Crippen LogP contribution in [0.4, 0.5) is 5.69 Å². The molecule has 1 unspecified atom stereocenters. The van der Waals surface area contributed by atoms with Crippen LogP contribution in [0, 0.1) is 10.1 Å². The molecule has 1 aliphatic heterocycles. The normalized spacial score (nSPS) is 18.4. The number of benzene rings is 1. The molecule has 21 heavy (non-hydrogen) atoms. The van der Waals surface area contributed by atoms with Crippen molar-refractivity contribution in [3.05, 3.63) is 33.9 Å². The summed E-state index contributed by atoms with van der Waals surface area (Å²) in [5.74, 6) is -0.0681. The van der Waals surface area contributed by atoms with Gasteiger partial charge < -0.3 is 15.4 Å². The van der Waals surface area contributed by atoms with E-state index in [1.165, 1.54) is 19.2 Å². The predicted molar refractivity (Wildman–Crippen MR) is 77.4 cm³/mol. The van der Waals surface area contributed by atoms with Crippen molar-refractivity contribution in [1.82, 2.24) is 4.90 Å². The number of ether oxygens (including phenoxy) is 1. The van der Waals surface area contributed by atoms with E-state index in [-0.39, 0.29) is 23.4 Å². The molecule has 0 aromatic heterocycles. The molecule has 1 amide bonds. The summed E-state index contributed by atoms with van der Waals surface area (Å²) in [5.41, 5.74) is 5.80. The second-order valence-corrected chi connectivity index (χ2v) is 5.03. The monoisotopic (exact) mass is 293 g/mol. The van der Waals surface area contributed by atoms with Gasteiger partial charge in [0.05, 0.1) is 12.0 Å². The molecular weight excluding hydrogens is 274 g/mol. The minimum atomic E-state index is -0.549. The average molecular weight is 293 g/mol. The van der Waals surface area contributed by atoms with Crippen molar-refractivity contribution in [1.29, 1.82) is 0 Å². The van der Waals surface area contributed by atoms with Crippen molar-refractivity contribution >= 4 is 11.6 Å². The van der Waals surface area contributed by atoms with Gasteiger partial charge >= 0.3 is 5.69 Å². The molecule has 0 saturated carbocycles. The van der Waals surface area contributed by atoms with Gasteiger partial charge in [-0.05, 0) is 31.4 Å². The highest BCUT2D eigenvalue weighted by molar-refractivity contribution is 5.95. The maximum atomic E-state index is 12.6. The van der Waals surface area contributed by atoms with Crippen LogP contribution in [0.25, 0.3) is 0 Å². The van der Waals surface area contributed by atoms with Crippen LogP contribution in [0.3, 0.4) is 0 Å². The second kappa shape index (κ2) is 6.53. The number of piperidine rings is 1. The van der Waals surface area contributed by atoms with E-state index < -0.39 is 4.92 Å². The Labute approximate surface area is 122 Å². The summed E-state index contributed by atoms with van der Waals surface area (Å²) in [5, 5.41) is 11.0. The molecule has 1 atom stereocenters. The highest BCUT2D eigenvalue weighted by Crippen LogP contribution is 2.29. The number of carbonyl (C=O) groups excluding carboxylic acids is 1. The Morgan fingerprint density at radius 3 is 2.90 bits per heavy atom. The molecule has 1 heterocycles. The van der Waals surface area contributed by atoms with E-state index in [2.05, 4.69) is 0 Å². The Bertz CT molecular complexity index is 547. The summed E-state index contributed by atoms with van der Waals surface area (Å²) < 4.78 is 4.94.